The molecular weight excluding hydrogens is 832 g/mol. The van der Waals surface area contributed by atoms with E-state index < -0.39 is 6.85 Å². The zero-order chi connectivity index (χ0) is 38.7. The second kappa shape index (κ2) is 14.0. The van der Waals surface area contributed by atoms with Crippen LogP contribution in [0.1, 0.15) is 56.8 Å². The number of hydrogen-bond donors (Lipinski definition) is 0. The van der Waals surface area contributed by atoms with Crippen LogP contribution in [0.4, 0.5) is 11.4 Å². The summed E-state index contributed by atoms with van der Waals surface area (Å²) in [5, 5.41) is 1.97. The van der Waals surface area contributed by atoms with Crippen LogP contribution in [-0.2, 0) is 26.5 Å². The third-order valence-electron chi connectivity index (χ3n) is 9.48. The molecule has 0 saturated heterocycles. The van der Waals surface area contributed by atoms with Gasteiger partial charge in [-0.05, 0) is 76.4 Å². The summed E-state index contributed by atoms with van der Waals surface area (Å²) in [6, 6.07) is 45.4. The number of para-hydroxylation sites is 1. The van der Waals surface area contributed by atoms with Gasteiger partial charge in [0.1, 0.15) is 5.82 Å². The molecule has 0 N–H and O–H groups in total. The number of rotatable bonds is 6. The van der Waals surface area contributed by atoms with E-state index in [0.717, 1.165) is 38.9 Å². The molecule has 0 spiro atoms. The predicted molar refractivity (Wildman–Crippen MR) is 215 cm³/mol. The van der Waals surface area contributed by atoms with Crippen LogP contribution in [0.2, 0.25) is 0 Å². The Morgan fingerprint density at radius 2 is 1.49 bits per heavy atom. The average Bonchev–Trinajstić information content (AvgIpc) is 3.75. The van der Waals surface area contributed by atoms with Crippen molar-refractivity contribution >= 4 is 33.2 Å². The number of benzene rings is 5. The quantitative estimate of drug-likeness (QED) is 0.156. The summed E-state index contributed by atoms with van der Waals surface area (Å²) in [6.07, 6.45) is 3.76. The van der Waals surface area contributed by atoms with Gasteiger partial charge in [-0.25, -0.2) is 4.98 Å². The van der Waals surface area contributed by atoms with Crippen LogP contribution in [-0.4, -0.2) is 9.55 Å². The molecule has 6 heteroatoms. The minimum atomic E-state index is -2.26. The topological polar surface area (TPSA) is 33.5 Å². The zero-order valence-corrected chi connectivity index (χ0v) is 33.0. The SMILES string of the molecule is [2H]C([2H])([2H])c1ccnc(-n2c3[c-]c(Oc4[c-]c(N5[CH-]N(c6cc(-c7ccccc7)cc(C(C)(C)C)c6)C=C5C(C)(C)C)ccc4)ccc3c3ccccc32)c1.[Pt]. The smallest absolute Gasteiger partial charge is 0.135 e. The maximum absolute atomic E-state index is 7.99. The van der Waals surface area contributed by atoms with Gasteiger partial charge in [-0.3, -0.25) is 0 Å². The van der Waals surface area contributed by atoms with Gasteiger partial charge < -0.3 is 19.1 Å². The first-order valence-corrected chi connectivity index (χ1v) is 17.6. The molecule has 5 aromatic carbocycles. The average molecular weight is 878 g/mol. The van der Waals surface area contributed by atoms with Crippen LogP contribution in [0.15, 0.2) is 133 Å². The molecule has 53 heavy (non-hydrogen) atoms. The molecule has 0 aliphatic carbocycles. The summed E-state index contributed by atoms with van der Waals surface area (Å²) < 4.78 is 32.4. The summed E-state index contributed by atoms with van der Waals surface area (Å²) >= 11 is 0. The summed E-state index contributed by atoms with van der Waals surface area (Å²) in [4.78, 5) is 8.98. The maximum Gasteiger partial charge on any atom is 0.135 e. The Labute approximate surface area is 332 Å². The number of fused-ring (bicyclic) bond motifs is 3. The van der Waals surface area contributed by atoms with Crippen LogP contribution < -0.4 is 14.5 Å². The van der Waals surface area contributed by atoms with Gasteiger partial charge in [-0.1, -0.05) is 102 Å². The van der Waals surface area contributed by atoms with Crippen LogP contribution in [0.3, 0.4) is 0 Å². The summed E-state index contributed by atoms with van der Waals surface area (Å²) in [7, 11) is 0. The van der Waals surface area contributed by atoms with Crippen LogP contribution in [0.5, 0.6) is 11.5 Å². The molecule has 3 heterocycles. The number of ether oxygens (including phenoxy) is 1. The van der Waals surface area contributed by atoms with Crippen molar-refractivity contribution in [3.63, 3.8) is 0 Å². The maximum atomic E-state index is 7.99. The van der Waals surface area contributed by atoms with E-state index in [2.05, 4.69) is 124 Å². The number of pyridine rings is 1. The van der Waals surface area contributed by atoms with Gasteiger partial charge in [0.05, 0.1) is 0 Å². The predicted octanol–water partition coefficient (Wildman–Crippen LogP) is 12.2. The van der Waals surface area contributed by atoms with E-state index in [-0.39, 0.29) is 37.5 Å². The second-order valence-electron chi connectivity index (χ2n) is 15.4. The Kier molecular flexibility index (Phi) is 8.61. The van der Waals surface area contributed by atoms with Gasteiger partial charge in [-0.15, -0.1) is 48.1 Å². The molecule has 0 saturated carbocycles. The Morgan fingerprint density at radius 3 is 2.26 bits per heavy atom. The molecule has 0 radical (unpaired) electrons. The Bertz CT molecular complexity index is 2580. The van der Waals surface area contributed by atoms with Crippen molar-refractivity contribution in [2.24, 2.45) is 5.41 Å². The van der Waals surface area contributed by atoms with E-state index in [4.69, 9.17) is 8.85 Å². The third-order valence-corrected chi connectivity index (χ3v) is 9.48. The molecule has 0 atom stereocenters. The van der Waals surface area contributed by atoms with Crippen molar-refractivity contribution < 1.29 is 29.9 Å². The molecule has 1 aliphatic rings. The third kappa shape index (κ3) is 7.15. The van der Waals surface area contributed by atoms with Gasteiger partial charge in [0.2, 0.25) is 0 Å². The summed E-state index contributed by atoms with van der Waals surface area (Å²) in [5.74, 6) is 1.55. The summed E-state index contributed by atoms with van der Waals surface area (Å²) in [6.45, 7) is 13.3. The molecule has 8 rings (SSSR count). The van der Waals surface area contributed by atoms with Crippen LogP contribution in [0, 0.1) is 31.1 Å². The molecule has 0 unspecified atom stereocenters. The number of aromatic nitrogens is 2. The van der Waals surface area contributed by atoms with Crippen molar-refractivity contribution in [2.45, 2.75) is 53.8 Å². The summed E-state index contributed by atoms with van der Waals surface area (Å²) in [5.41, 5.74) is 8.30. The van der Waals surface area contributed by atoms with Gasteiger partial charge in [0.25, 0.3) is 0 Å². The molecule has 0 fully saturated rings. The fourth-order valence-electron chi connectivity index (χ4n) is 6.76. The van der Waals surface area contributed by atoms with Crippen molar-refractivity contribution in [1.82, 2.24) is 9.55 Å². The minimum Gasteiger partial charge on any atom is -0.509 e. The first-order valence-electron chi connectivity index (χ1n) is 19.1. The molecular formula is C47H43N4OPt-3. The van der Waals surface area contributed by atoms with Crippen molar-refractivity contribution in [3.05, 3.63) is 163 Å². The number of aryl methyl sites for hydroxylation is 1. The first-order chi connectivity index (χ1) is 26.1. The van der Waals surface area contributed by atoms with Crippen molar-refractivity contribution in [2.75, 3.05) is 9.80 Å². The first kappa shape index (κ1) is 32.5. The van der Waals surface area contributed by atoms with Crippen LogP contribution >= 0.6 is 0 Å². The molecule has 2 aromatic heterocycles. The Hall–Kier alpha value is -5.12. The zero-order valence-electron chi connectivity index (χ0n) is 33.7. The molecule has 0 bridgehead atoms. The number of anilines is 2. The monoisotopic (exact) mass is 877 g/mol. The normalized spacial score (nSPS) is 14.5. The molecule has 5 nitrogen and oxygen atoms in total. The van der Waals surface area contributed by atoms with E-state index in [1.807, 2.05) is 65.2 Å². The van der Waals surface area contributed by atoms with E-state index in [1.54, 1.807) is 12.3 Å². The fraction of sp³-hybridized carbons (Fsp3) is 0.191. The Morgan fingerprint density at radius 1 is 0.717 bits per heavy atom. The largest absolute Gasteiger partial charge is 0.509 e. The van der Waals surface area contributed by atoms with Crippen molar-refractivity contribution in [3.8, 4) is 28.4 Å². The van der Waals surface area contributed by atoms with Gasteiger partial charge in [-0.2, -0.15) is 12.1 Å². The van der Waals surface area contributed by atoms with E-state index in [1.165, 1.54) is 22.8 Å². The fourth-order valence-corrected chi connectivity index (χ4v) is 6.76. The van der Waals surface area contributed by atoms with E-state index in [9.17, 15) is 0 Å². The van der Waals surface area contributed by atoms with E-state index in [0.29, 0.717) is 17.3 Å². The number of allylic oxidation sites excluding steroid dienone is 1. The standard InChI is InChI=1S/C47H43N4O.Pt/c1-32-22-23-48-45(24-32)51-42-19-12-11-18-40(42)41-21-20-39(29-43(41)51)52-38-17-13-16-36(28-38)50-31-49(30-44(50)47(5,6)7)37-26-34(33-14-9-8-10-15-33)25-35(27-37)46(2,3)4;/h8-27,30-31H,1-7H3;/q-3;/i1D3;. The van der Waals surface area contributed by atoms with Crippen molar-refractivity contribution in [1.29, 1.82) is 0 Å². The van der Waals surface area contributed by atoms with Gasteiger partial charge in [0.15, 0.2) is 0 Å². The molecule has 0 amide bonds. The van der Waals surface area contributed by atoms with E-state index >= 15 is 0 Å². The molecule has 1 aliphatic heterocycles. The molecule has 7 aromatic rings. The number of nitrogens with zero attached hydrogens (tertiary/aromatic N) is 4. The number of hydrogen-bond acceptors (Lipinski definition) is 4. The second-order valence-corrected chi connectivity index (χ2v) is 15.4. The Balaban J connectivity index is 0.00000480. The van der Waals surface area contributed by atoms with Crippen LogP contribution in [0.25, 0.3) is 38.8 Å². The minimum absolute atomic E-state index is 0. The van der Waals surface area contributed by atoms with Gasteiger partial charge >= 0.3 is 0 Å². The van der Waals surface area contributed by atoms with Gasteiger partial charge in [0, 0.05) is 65.2 Å². The molecule has 270 valence electrons.